The highest BCUT2D eigenvalue weighted by molar-refractivity contribution is 9.10. The zero-order valence-electron chi connectivity index (χ0n) is 11.5. The fraction of sp³-hybridized carbons (Fsp3) is 0.588. The molecule has 4 bridgehead atoms. The van der Waals surface area contributed by atoms with E-state index >= 15 is 0 Å². The van der Waals surface area contributed by atoms with Crippen molar-refractivity contribution in [1.82, 2.24) is 0 Å². The summed E-state index contributed by atoms with van der Waals surface area (Å²) in [5.74, 6) is 2.74. The van der Waals surface area contributed by atoms with Gasteiger partial charge < -0.3 is 0 Å². The number of rotatable bonds is 2. The Bertz CT molecular complexity index is 513. The largest absolute Gasteiger partial charge is 0.241 e. The smallest absolute Gasteiger partial charge is 0.113 e. The van der Waals surface area contributed by atoms with Gasteiger partial charge in [0.1, 0.15) is 5.17 Å². The van der Waals surface area contributed by atoms with Gasteiger partial charge in [-0.15, -0.1) is 0 Å². The fourth-order valence-electron chi connectivity index (χ4n) is 5.11. The summed E-state index contributed by atoms with van der Waals surface area (Å²) in [6.45, 7) is 0. The van der Waals surface area contributed by atoms with Crippen LogP contribution < -0.4 is 0 Å². The van der Waals surface area contributed by atoms with Crippen LogP contribution in [-0.2, 0) is 0 Å². The van der Waals surface area contributed by atoms with Crippen molar-refractivity contribution in [2.75, 3.05) is 0 Å². The van der Waals surface area contributed by atoms with Crippen molar-refractivity contribution in [2.45, 2.75) is 38.5 Å². The third-order valence-corrected chi connectivity index (χ3v) is 6.54. The monoisotopic (exact) mass is 351 g/mol. The molecule has 0 amide bonds. The van der Waals surface area contributed by atoms with E-state index in [2.05, 4.69) is 15.9 Å². The van der Waals surface area contributed by atoms with Crippen LogP contribution in [-0.4, -0.2) is 5.17 Å². The Morgan fingerprint density at radius 1 is 1.00 bits per heavy atom. The van der Waals surface area contributed by atoms with Crippen molar-refractivity contribution in [2.24, 2.45) is 28.2 Å². The minimum Gasteiger partial charge on any atom is -0.241 e. The van der Waals surface area contributed by atoms with Crippen molar-refractivity contribution in [3.8, 4) is 0 Å². The van der Waals surface area contributed by atoms with E-state index in [9.17, 15) is 0 Å². The van der Waals surface area contributed by atoms with Gasteiger partial charge in [-0.3, -0.25) is 0 Å². The number of benzene rings is 1. The van der Waals surface area contributed by atoms with Crippen molar-refractivity contribution in [1.29, 1.82) is 0 Å². The number of hydrogen-bond donors (Lipinski definition) is 0. The molecule has 1 aromatic carbocycles. The zero-order valence-corrected chi connectivity index (χ0v) is 13.8. The molecule has 0 saturated heterocycles. The molecule has 20 heavy (non-hydrogen) atoms. The molecule has 0 heterocycles. The van der Waals surface area contributed by atoms with Gasteiger partial charge in [0, 0.05) is 9.89 Å². The first-order chi connectivity index (χ1) is 9.63. The van der Waals surface area contributed by atoms with Crippen LogP contribution in [0.5, 0.6) is 0 Å². The minimum absolute atomic E-state index is 0.212. The molecule has 4 fully saturated rings. The van der Waals surface area contributed by atoms with Crippen LogP contribution in [0.3, 0.4) is 0 Å². The molecule has 0 unspecified atom stereocenters. The maximum atomic E-state index is 6.71. The average Bonchev–Trinajstić information content (AvgIpc) is 2.40. The van der Waals surface area contributed by atoms with Gasteiger partial charge in [-0.2, -0.15) is 0 Å². The van der Waals surface area contributed by atoms with Gasteiger partial charge in [0.2, 0.25) is 0 Å². The van der Waals surface area contributed by atoms with Gasteiger partial charge in [0.05, 0.1) is 5.69 Å². The molecule has 5 rings (SSSR count). The van der Waals surface area contributed by atoms with Crippen molar-refractivity contribution in [3.05, 3.63) is 28.7 Å². The highest BCUT2D eigenvalue weighted by Crippen LogP contribution is 2.61. The maximum absolute atomic E-state index is 6.71. The third kappa shape index (κ3) is 2.25. The Hall–Kier alpha value is -0.340. The number of hydrogen-bond acceptors (Lipinski definition) is 1. The van der Waals surface area contributed by atoms with E-state index in [0.717, 1.165) is 33.1 Å². The fourth-order valence-corrected chi connectivity index (χ4v) is 5.70. The van der Waals surface area contributed by atoms with Gasteiger partial charge in [0.25, 0.3) is 0 Å². The van der Waals surface area contributed by atoms with E-state index in [4.69, 9.17) is 16.6 Å². The summed E-state index contributed by atoms with van der Waals surface area (Å²) < 4.78 is 1.09. The first kappa shape index (κ1) is 13.3. The molecule has 4 aliphatic rings. The maximum Gasteiger partial charge on any atom is 0.113 e. The lowest BCUT2D eigenvalue weighted by Gasteiger charge is -2.56. The molecular weight excluding hydrogens is 334 g/mol. The summed E-state index contributed by atoms with van der Waals surface area (Å²) in [6.07, 6.45) is 8.17. The second kappa shape index (κ2) is 4.84. The molecule has 0 aliphatic heterocycles. The van der Waals surface area contributed by atoms with Gasteiger partial charge in [0.15, 0.2) is 0 Å². The van der Waals surface area contributed by atoms with E-state index in [1.54, 1.807) is 0 Å². The molecular formula is C17H19BrClN. The number of nitrogens with zero attached hydrogens (tertiary/aromatic N) is 1. The Kier molecular flexibility index (Phi) is 3.23. The average molecular weight is 353 g/mol. The number of halogens is 2. The quantitative estimate of drug-likeness (QED) is 0.584. The molecule has 1 nitrogen and oxygen atoms in total. The molecule has 3 heteroatoms. The summed E-state index contributed by atoms with van der Waals surface area (Å²) in [5.41, 5.74) is 1.19. The predicted octanol–water partition coefficient (Wildman–Crippen LogP) is 5.93. The van der Waals surface area contributed by atoms with Gasteiger partial charge in [-0.1, -0.05) is 27.5 Å². The normalized spacial score (nSPS) is 39.3. The summed E-state index contributed by atoms with van der Waals surface area (Å²) in [4.78, 5) is 4.75. The van der Waals surface area contributed by atoms with Gasteiger partial charge in [-0.25, -0.2) is 4.99 Å². The highest BCUT2D eigenvalue weighted by atomic mass is 79.9. The molecule has 0 spiro atoms. The third-order valence-electron chi connectivity index (χ3n) is 5.53. The Balaban J connectivity index is 1.64. The summed E-state index contributed by atoms with van der Waals surface area (Å²) in [7, 11) is 0. The molecule has 0 N–H and O–H groups in total. The summed E-state index contributed by atoms with van der Waals surface area (Å²) in [6, 6.07) is 8.13. The van der Waals surface area contributed by atoms with Crippen LogP contribution in [0, 0.1) is 23.2 Å². The van der Waals surface area contributed by atoms with Crippen LogP contribution in [0.2, 0.25) is 0 Å². The van der Waals surface area contributed by atoms with Crippen LogP contribution in [0.4, 0.5) is 5.69 Å². The van der Waals surface area contributed by atoms with Crippen LogP contribution in [0.15, 0.2) is 33.7 Å². The topological polar surface area (TPSA) is 12.4 Å². The second-order valence-corrected chi connectivity index (χ2v) is 8.35. The predicted molar refractivity (Wildman–Crippen MR) is 87.7 cm³/mol. The molecule has 106 valence electrons. The Morgan fingerprint density at radius 2 is 1.50 bits per heavy atom. The van der Waals surface area contributed by atoms with Gasteiger partial charge in [-0.05, 0) is 80.5 Å². The molecule has 4 saturated carbocycles. The first-order valence-electron chi connectivity index (χ1n) is 7.63. The van der Waals surface area contributed by atoms with Crippen molar-refractivity contribution < 1.29 is 0 Å². The zero-order chi connectivity index (χ0) is 13.7. The first-order valence-corrected chi connectivity index (χ1v) is 8.80. The minimum atomic E-state index is 0.212. The van der Waals surface area contributed by atoms with E-state index in [0.29, 0.717) is 0 Å². The van der Waals surface area contributed by atoms with Crippen LogP contribution in [0.25, 0.3) is 0 Å². The lowest BCUT2D eigenvalue weighted by atomic mass is 9.50. The Labute approximate surface area is 133 Å². The molecule has 1 aromatic rings. The SMILES string of the molecule is ClC(=Nc1ccc(Br)cc1)C12CC3CC(CC(C3)C1)C2. The lowest BCUT2D eigenvalue weighted by molar-refractivity contribution is -0.0108. The van der Waals surface area contributed by atoms with Crippen molar-refractivity contribution in [3.63, 3.8) is 0 Å². The molecule has 0 atom stereocenters. The second-order valence-electron chi connectivity index (χ2n) is 7.08. The summed E-state index contributed by atoms with van der Waals surface area (Å²) in [5, 5.41) is 0.874. The van der Waals surface area contributed by atoms with Crippen LogP contribution in [0.1, 0.15) is 38.5 Å². The standard InChI is InChI=1S/C17H19BrClN/c18-14-1-3-15(4-2-14)20-16(19)17-8-11-5-12(9-17)7-13(6-11)10-17/h1-4,11-13H,5-10H2. The lowest BCUT2D eigenvalue weighted by Crippen LogP contribution is -2.48. The van der Waals surface area contributed by atoms with E-state index in [1.165, 1.54) is 38.5 Å². The van der Waals surface area contributed by atoms with E-state index in [1.807, 2.05) is 24.3 Å². The molecule has 4 aliphatic carbocycles. The molecule has 0 radical (unpaired) electrons. The van der Waals surface area contributed by atoms with E-state index < -0.39 is 0 Å². The van der Waals surface area contributed by atoms with Crippen LogP contribution >= 0.6 is 27.5 Å². The van der Waals surface area contributed by atoms with Gasteiger partial charge >= 0.3 is 0 Å². The highest BCUT2D eigenvalue weighted by Gasteiger charge is 2.53. The van der Waals surface area contributed by atoms with Crippen molar-refractivity contribution >= 4 is 38.4 Å². The summed E-state index contributed by atoms with van der Waals surface area (Å²) >= 11 is 10.2. The number of aliphatic imine (C=N–C) groups is 1. The van der Waals surface area contributed by atoms with E-state index in [-0.39, 0.29) is 5.41 Å². The Morgan fingerprint density at radius 3 is 2.00 bits per heavy atom. The molecule has 0 aromatic heterocycles.